The molecule has 2 unspecified atom stereocenters. The minimum absolute atomic E-state index is 0.360. The standard InChI is InChI=1S/C11H19N3OS/c1-9(5-7-16(3)15)13-8-11-4-6-12-10(2)14-11/h4,6,9,13H,5,7-8H2,1-3H3. The lowest BCUT2D eigenvalue weighted by molar-refractivity contribution is 0.529. The van der Waals surface area contributed by atoms with Gasteiger partial charge in [0.05, 0.1) is 5.69 Å². The zero-order valence-corrected chi connectivity index (χ0v) is 10.9. The van der Waals surface area contributed by atoms with Crippen LogP contribution >= 0.6 is 0 Å². The zero-order valence-electron chi connectivity index (χ0n) is 10.1. The van der Waals surface area contributed by atoms with E-state index in [1.54, 1.807) is 12.5 Å². The summed E-state index contributed by atoms with van der Waals surface area (Å²) in [5, 5.41) is 3.36. The first-order valence-corrected chi connectivity index (χ1v) is 7.12. The monoisotopic (exact) mass is 241 g/mol. The van der Waals surface area contributed by atoms with Crippen molar-refractivity contribution in [2.75, 3.05) is 12.0 Å². The Morgan fingerprint density at radius 3 is 2.94 bits per heavy atom. The van der Waals surface area contributed by atoms with Crippen LogP contribution in [0, 0.1) is 6.92 Å². The molecule has 0 aliphatic rings. The number of rotatable bonds is 6. The van der Waals surface area contributed by atoms with E-state index in [0.29, 0.717) is 6.04 Å². The molecular weight excluding hydrogens is 222 g/mol. The Morgan fingerprint density at radius 1 is 1.56 bits per heavy atom. The highest BCUT2D eigenvalue weighted by atomic mass is 32.2. The van der Waals surface area contributed by atoms with Gasteiger partial charge in [-0.05, 0) is 26.3 Å². The van der Waals surface area contributed by atoms with Crippen LogP contribution in [0.15, 0.2) is 12.3 Å². The first kappa shape index (κ1) is 13.3. The van der Waals surface area contributed by atoms with E-state index in [4.69, 9.17) is 0 Å². The van der Waals surface area contributed by atoms with Gasteiger partial charge >= 0.3 is 0 Å². The van der Waals surface area contributed by atoms with Crippen molar-refractivity contribution < 1.29 is 4.21 Å². The molecule has 0 aromatic carbocycles. The van der Waals surface area contributed by atoms with Crippen molar-refractivity contribution in [3.05, 3.63) is 23.8 Å². The molecule has 0 aliphatic heterocycles. The van der Waals surface area contributed by atoms with Crippen LogP contribution in [0.25, 0.3) is 0 Å². The van der Waals surface area contributed by atoms with Crippen molar-refractivity contribution in [3.8, 4) is 0 Å². The minimum Gasteiger partial charge on any atom is -0.309 e. The van der Waals surface area contributed by atoms with E-state index in [9.17, 15) is 4.21 Å². The first-order chi connectivity index (χ1) is 7.58. The van der Waals surface area contributed by atoms with Gasteiger partial charge in [-0.1, -0.05) is 0 Å². The molecule has 1 rings (SSSR count). The highest BCUT2D eigenvalue weighted by molar-refractivity contribution is 7.84. The average Bonchev–Trinajstić information content (AvgIpc) is 2.23. The van der Waals surface area contributed by atoms with Gasteiger partial charge in [-0.3, -0.25) is 4.21 Å². The van der Waals surface area contributed by atoms with Crippen molar-refractivity contribution in [1.82, 2.24) is 15.3 Å². The molecule has 1 aromatic heterocycles. The van der Waals surface area contributed by atoms with Crippen molar-refractivity contribution >= 4 is 10.8 Å². The molecule has 5 heteroatoms. The fourth-order valence-corrected chi connectivity index (χ4v) is 2.01. The summed E-state index contributed by atoms with van der Waals surface area (Å²) < 4.78 is 10.9. The smallest absolute Gasteiger partial charge is 0.125 e. The Bertz CT molecular complexity index is 357. The van der Waals surface area contributed by atoms with E-state index in [2.05, 4.69) is 22.2 Å². The quantitative estimate of drug-likeness (QED) is 0.808. The molecular formula is C11H19N3OS. The second kappa shape index (κ2) is 6.70. The molecule has 0 amide bonds. The number of hydrogen-bond acceptors (Lipinski definition) is 4. The second-order valence-electron chi connectivity index (χ2n) is 3.94. The first-order valence-electron chi connectivity index (χ1n) is 5.40. The Morgan fingerprint density at radius 2 is 2.31 bits per heavy atom. The molecule has 0 aliphatic carbocycles. The van der Waals surface area contributed by atoms with Crippen LogP contribution in [0.5, 0.6) is 0 Å². The SMILES string of the molecule is Cc1nccc(CNC(C)CCS(C)=O)n1. The van der Waals surface area contributed by atoms with Crippen molar-refractivity contribution in [2.45, 2.75) is 32.9 Å². The third kappa shape index (κ3) is 5.32. The van der Waals surface area contributed by atoms with E-state index in [0.717, 1.165) is 30.2 Å². The number of hydrogen-bond donors (Lipinski definition) is 1. The molecule has 4 nitrogen and oxygen atoms in total. The lowest BCUT2D eigenvalue weighted by Crippen LogP contribution is -2.27. The van der Waals surface area contributed by atoms with Crippen LogP contribution in [0.2, 0.25) is 0 Å². The summed E-state index contributed by atoms with van der Waals surface area (Å²) in [5.74, 6) is 1.54. The molecule has 90 valence electrons. The second-order valence-corrected chi connectivity index (χ2v) is 5.50. The number of nitrogens with zero attached hydrogens (tertiary/aromatic N) is 2. The average molecular weight is 241 g/mol. The van der Waals surface area contributed by atoms with Gasteiger partial charge in [-0.25, -0.2) is 9.97 Å². The molecule has 0 saturated carbocycles. The van der Waals surface area contributed by atoms with Gasteiger partial charge in [0.25, 0.3) is 0 Å². The number of aromatic nitrogens is 2. The van der Waals surface area contributed by atoms with Gasteiger partial charge in [0.1, 0.15) is 5.82 Å². The third-order valence-corrected chi connectivity index (χ3v) is 3.11. The van der Waals surface area contributed by atoms with E-state index < -0.39 is 10.8 Å². The van der Waals surface area contributed by atoms with Crippen LogP contribution in [-0.4, -0.2) is 32.2 Å². The summed E-state index contributed by atoms with van der Waals surface area (Å²) >= 11 is 0. The minimum atomic E-state index is -0.704. The molecule has 1 aromatic rings. The van der Waals surface area contributed by atoms with Gasteiger partial charge in [-0.2, -0.15) is 0 Å². The molecule has 16 heavy (non-hydrogen) atoms. The summed E-state index contributed by atoms with van der Waals surface area (Å²) in [6.45, 7) is 4.72. The van der Waals surface area contributed by atoms with Gasteiger partial charge < -0.3 is 5.32 Å². The normalized spacial score (nSPS) is 14.7. The van der Waals surface area contributed by atoms with Gasteiger partial charge in [0.2, 0.25) is 0 Å². The predicted molar refractivity (Wildman–Crippen MR) is 66.6 cm³/mol. The van der Waals surface area contributed by atoms with Crippen LogP contribution in [-0.2, 0) is 17.3 Å². The highest BCUT2D eigenvalue weighted by Gasteiger charge is 2.03. The fourth-order valence-electron chi connectivity index (χ4n) is 1.33. The molecule has 1 N–H and O–H groups in total. The number of nitrogens with one attached hydrogen (secondary N) is 1. The fraction of sp³-hybridized carbons (Fsp3) is 0.636. The maximum absolute atomic E-state index is 10.9. The highest BCUT2D eigenvalue weighted by Crippen LogP contribution is 1.97. The molecule has 0 saturated heterocycles. The van der Waals surface area contributed by atoms with E-state index >= 15 is 0 Å². The van der Waals surface area contributed by atoms with Crippen LogP contribution < -0.4 is 5.32 Å². The Balaban J connectivity index is 2.31. The van der Waals surface area contributed by atoms with E-state index in [1.165, 1.54) is 0 Å². The molecule has 0 radical (unpaired) electrons. The van der Waals surface area contributed by atoms with E-state index in [-0.39, 0.29) is 0 Å². The van der Waals surface area contributed by atoms with Crippen molar-refractivity contribution in [1.29, 1.82) is 0 Å². The Hall–Kier alpha value is -0.810. The van der Waals surface area contributed by atoms with Crippen molar-refractivity contribution in [2.24, 2.45) is 0 Å². The van der Waals surface area contributed by atoms with Gasteiger partial charge in [0, 0.05) is 41.6 Å². The summed E-state index contributed by atoms with van der Waals surface area (Å²) in [6.07, 6.45) is 4.43. The summed E-state index contributed by atoms with van der Waals surface area (Å²) in [4.78, 5) is 8.35. The van der Waals surface area contributed by atoms with E-state index in [1.807, 2.05) is 13.0 Å². The molecule has 2 atom stereocenters. The summed E-state index contributed by atoms with van der Waals surface area (Å²) in [7, 11) is -0.704. The molecule has 0 spiro atoms. The molecule has 1 heterocycles. The maximum atomic E-state index is 10.9. The summed E-state index contributed by atoms with van der Waals surface area (Å²) in [5.41, 5.74) is 0.997. The lowest BCUT2D eigenvalue weighted by Gasteiger charge is -2.12. The molecule has 0 bridgehead atoms. The van der Waals surface area contributed by atoms with Crippen LogP contribution in [0.1, 0.15) is 24.9 Å². The zero-order chi connectivity index (χ0) is 12.0. The number of aryl methyl sites for hydroxylation is 1. The van der Waals surface area contributed by atoms with Crippen LogP contribution in [0.4, 0.5) is 0 Å². The maximum Gasteiger partial charge on any atom is 0.125 e. The third-order valence-electron chi connectivity index (χ3n) is 2.30. The Kier molecular flexibility index (Phi) is 5.55. The Labute approximate surface area is 99.3 Å². The summed E-state index contributed by atoms with van der Waals surface area (Å²) in [6, 6.07) is 2.27. The van der Waals surface area contributed by atoms with Gasteiger partial charge in [-0.15, -0.1) is 0 Å². The van der Waals surface area contributed by atoms with Crippen molar-refractivity contribution in [3.63, 3.8) is 0 Å². The van der Waals surface area contributed by atoms with Gasteiger partial charge in [0.15, 0.2) is 0 Å². The van der Waals surface area contributed by atoms with Crippen LogP contribution in [0.3, 0.4) is 0 Å². The largest absolute Gasteiger partial charge is 0.309 e. The predicted octanol–water partition coefficient (Wildman–Crippen LogP) is 1.03. The molecule has 0 fully saturated rings. The topological polar surface area (TPSA) is 54.9 Å². The lowest BCUT2D eigenvalue weighted by atomic mass is 10.2.